The van der Waals surface area contributed by atoms with Gasteiger partial charge in [0.1, 0.15) is 5.69 Å². The van der Waals surface area contributed by atoms with E-state index in [-0.39, 0.29) is 11.9 Å². The standard InChI is InChI=1S/C16H19ClN2O/c1-12(2)19(11-5-9-17)16(20)15-14-7-4-3-6-13(14)8-10-18-15/h3-4,6-8,10,12H,5,9,11H2,1-2H3. The summed E-state index contributed by atoms with van der Waals surface area (Å²) in [6, 6.07) is 9.88. The number of pyridine rings is 1. The van der Waals surface area contributed by atoms with Crippen LogP contribution in [0.4, 0.5) is 0 Å². The Labute approximate surface area is 124 Å². The summed E-state index contributed by atoms with van der Waals surface area (Å²) in [5, 5.41) is 1.93. The molecule has 2 rings (SSSR count). The highest BCUT2D eigenvalue weighted by Gasteiger charge is 2.21. The van der Waals surface area contributed by atoms with Crippen molar-refractivity contribution in [3.05, 3.63) is 42.2 Å². The summed E-state index contributed by atoms with van der Waals surface area (Å²) in [7, 11) is 0. The van der Waals surface area contributed by atoms with Crippen LogP contribution < -0.4 is 0 Å². The number of alkyl halides is 1. The Morgan fingerprint density at radius 3 is 2.75 bits per heavy atom. The molecule has 2 aromatic rings. The molecule has 0 unspecified atom stereocenters. The Balaban J connectivity index is 2.38. The van der Waals surface area contributed by atoms with Gasteiger partial charge in [0.25, 0.3) is 5.91 Å². The van der Waals surface area contributed by atoms with Crippen molar-refractivity contribution in [1.82, 2.24) is 9.88 Å². The summed E-state index contributed by atoms with van der Waals surface area (Å²) in [4.78, 5) is 18.9. The molecule has 4 heteroatoms. The lowest BCUT2D eigenvalue weighted by molar-refractivity contribution is 0.0702. The zero-order chi connectivity index (χ0) is 14.5. The first kappa shape index (κ1) is 14.8. The fraction of sp³-hybridized carbons (Fsp3) is 0.375. The molecular weight excluding hydrogens is 272 g/mol. The van der Waals surface area contributed by atoms with Crippen LogP contribution in [0.5, 0.6) is 0 Å². The molecule has 3 nitrogen and oxygen atoms in total. The second-order valence-electron chi connectivity index (χ2n) is 5.02. The third kappa shape index (κ3) is 3.10. The summed E-state index contributed by atoms with van der Waals surface area (Å²) >= 11 is 5.74. The van der Waals surface area contributed by atoms with Crippen LogP contribution in [0.25, 0.3) is 10.8 Å². The van der Waals surface area contributed by atoms with Crippen molar-refractivity contribution in [3.8, 4) is 0 Å². The number of amides is 1. The zero-order valence-electron chi connectivity index (χ0n) is 11.8. The first-order valence-corrected chi connectivity index (χ1v) is 7.39. The molecule has 0 spiro atoms. The van der Waals surface area contributed by atoms with E-state index >= 15 is 0 Å². The molecule has 0 aliphatic carbocycles. The lowest BCUT2D eigenvalue weighted by Crippen LogP contribution is -2.38. The van der Waals surface area contributed by atoms with Crippen LogP contribution in [0.3, 0.4) is 0 Å². The first-order chi connectivity index (χ1) is 9.65. The van der Waals surface area contributed by atoms with E-state index in [1.165, 1.54) is 0 Å². The third-order valence-corrected chi connectivity index (χ3v) is 3.56. The maximum Gasteiger partial charge on any atom is 0.273 e. The molecule has 0 saturated carbocycles. The van der Waals surface area contributed by atoms with Gasteiger partial charge in [-0.05, 0) is 31.7 Å². The minimum absolute atomic E-state index is 0.0260. The molecule has 20 heavy (non-hydrogen) atoms. The molecule has 106 valence electrons. The normalized spacial score (nSPS) is 11.0. The van der Waals surface area contributed by atoms with Crippen molar-refractivity contribution < 1.29 is 4.79 Å². The highest BCUT2D eigenvalue weighted by molar-refractivity contribution is 6.17. The lowest BCUT2D eigenvalue weighted by atomic mass is 10.1. The minimum atomic E-state index is -0.0260. The van der Waals surface area contributed by atoms with Crippen LogP contribution in [0.1, 0.15) is 30.8 Å². The quantitative estimate of drug-likeness (QED) is 0.787. The monoisotopic (exact) mass is 290 g/mol. The number of carbonyl (C=O) groups is 1. The molecule has 0 aliphatic heterocycles. The average molecular weight is 291 g/mol. The maximum absolute atomic E-state index is 12.7. The molecule has 1 aromatic heterocycles. The molecule has 0 bridgehead atoms. The Hall–Kier alpha value is -1.61. The number of hydrogen-bond donors (Lipinski definition) is 0. The second kappa shape index (κ2) is 6.71. The van der Waals surface area contributed by atoms with Crippen LogP contribution in [-0.4, -0.2) is 34.3 Å². The molecule has 0 atom stereocenters. The number of benzene rings is 1. The van der Waals surface area contributed by atoms with Gasteiger partial charge in [-0.25, -0.2) is 0 Å². The molecule has 0 fully saturated rings. The first-order valence-electron chi connectivity index (χ1n) is 6.86. The minimum Gasteiger partial charge on any atom is -0.335 e. The number of nitrogens with zero attached hydrogens (tertiary/aromatic N) is 2. The number of hydrogen-bond acceptors (Lipinski definition) is 2. The van der Waals surface area contributed by atoms with E-state index in [2.05, 4.69) is 4.98 Å². The van der Waals surface area contributed by atoms with Crippen LogP contribution in [0.2, 0.25) is 0 Å². The maximum atomic E-state index is 12.7. The number of carbonyl (C=O) groups excluding carboxylic acids is 1. The molecule has 1 aromatic carbocycles. The van der Waals surface area contributed by atoms with Gasteiger partial charge in [0.2, 0.25) is 0 Å². The Bertz CT molecular complexity index is 593. The number of halogens is 1. The van der Waals surface area contributed by atoms with Crippen molar-refractivity contribution in [2.75, 3.05) is 12.4 Å². The summed E-state index contributed by atoms with van der Waals surface area (Å²) in [5.74, 6) is 0.529. The molecule has 0 radical (unpaired) electrons. The third-order valence-electron chi connectivity index (χ3n) is 3.29. The fourth-order valence-electron chi connectivity index (χ4n) is 2.25. The van der Waals surface area contributed by atoms with E-state index in [4.69, 9.17) is 11.6 Å². The van der Waals surface area contributed by atoms with Crippen molar-refractivity contribution >= 4 is 28.3 Å². The zero-order valence-corrected chi connectivity index (χ0v) is 12.6. The SMILES string of the molecule is CC(C)N(CCCCl)C(=O)c1nccc2ccccc12. The van der Waals surface area contributed by atoms with E-state index in [0.717, 1.165) is 17.2 Å². The Morgan fingerprint density at radius 2 is 2.05 bits per heavy atom. The fourth-order valence-corrected chi connectivity index (χ4v) is 2.37. The van der Waals surface area contributed by atoms with Crippen molar-refractivity contribution in [2.45, 2.75) is 26.3 Å². The summed E-state index contributed by atoms with van der Waals surface area (Å²) in [6.07, 6.45) is 2.48. The van der Waals surface area contributed by atoms with Crippen LogP contribution in [0.15, 0.2) is 36.5 Å². The molecule has 0 aliphatic rings. The molecule has 0 saturated heterocycles. The van der Waals surface area contributed by atoms with E-state index < -0.39 is 0 Å². The second-order valence-corrected chi connectivity index (χ2v) is 5.39. The molecule has 1 heterocycles. The van der Waals surface area contributed by atoms with Crippen LogP contribution in [0, 0.1) is 0 Å². The highest BCUT2D eigenvalue weighted by atomic mass is 35.5. The number of aromatic nitrogens is 1. The van der Waals surface area contributed by atoms with Crippen molar-refractivity contribution in [3.63, 3.8) is 0 Å². The van der Waals surface area contributed by atoms with Crippen LogP contribution >= 0.6 is 11.6 Å². The van der Waals surface area contributed by atoms with Crippen molar-refractivity contribution in [2.24, 2.45) is 0 Å². The smallest absolute Gasteiger partial charge is 0.273 e. The van der Waals surface area contributed by atoms with E-state index in [9.17, 15) is 4.79 Å². The van der Waals surface area contributed by atoms with E-state index in [0.29, 0.717) is 18.1 Å². The summed E-state index contributed by atoms with van der Waals surface area (Å²) < 4.78 is 0. The van der Waals surface area contributed by atoms with Gasteiger partial charge >= 0.3 is 0 Å². The van der Waals surface area contributed by atoms with Crippen molar-refractivity contribution in [1.29, 1.82) is 0 Å². The lowest BCUT2D eigenvalue weighted by Gasteiger charge is -2.26. The Morgan fingerprint density at radius 1 is 1.30 bits per heavy atom. The predicted octanol–water partition coefficient (Wildman–Crippen LogP) is 3.71. The molecular formula is C16H19ClN2O. The topological polar surface area (TPSA) is 33.2 Å². The number of rotatable bonds is 5. The van der Waals surface area contributed by atoms with E-state index in [1.54, 1.807) is 6.20 Å². The predicted molar refractivity (Wildman–Crippen MR) is 83.3 cm³/mol. The van der Waals surface area contributed by atoms with Gasteiger partial charge in [0.05, 0.1) is 0 Å². The number of fused-ring (bicyclic) bond motifs is 1. The van der Waals surface area contributed by atoms with Gasteiger partial charge in [0.15, 0.2) is 0 Å². The van der Waals surface area contributed by atoms with Gasteiger partial charge in [-0.1, -0.05) is 24.3 Å². The van der Waals surface area contributed by atoms with Gasteiger partial charge in [0, 0.05) is 30.0 Å². The van der Waals surface area contributed by atoms with E-state index in [1.807, 2.05) is 49.1 Å². The molecule has 1 amide bonds. The van der Waals surface area contributed by atoms with Gasteiger partial charge < -0.3 is 4.90 Å². The van der Waals surface area contributed by atoms with Crippen LogP contribution in [-0.2, 0) is 0 Å². The highest BCUT2D eigenvalue weighted by Crippen LogP contribution is 2.19. The van der Waals surface area contributed by atoms with Gasteiger partial charge in [-0.3, -0.25) is 9.78 Å². The summed E-state index contributed by atoms with van der Waals surface area (Å²) in [6.45, 7) is 4.68. The van der Waals surface area contributed by atoms with Gasteiger partial charge in [-0.15, -0.1) is 11.6 Å². The molecule has 0 N–H and O–H groups in total. The average Bonchev–Trinajstić information content (AvgIpc) is 2.46. The Kier molecular flexibility index (Phi) is 4.96. The largest absolute Gasteiger partial charge is 0.335 e. The summed E-state index contributed by atoms with van der Waals surface area (Å²) in [5.41, 5.74) is 0.520. The van der Waals surface area contributed by atoms with Gasteiger partial charge in [-0.2, -0.15) is 0 Å².